The number of carbonyl (C=O) groups is 1. The van der Waals surface area contributed by atoms with E-state index >= 15 is 0 Å². The molecule has 18 heavy (non-hydrogen) atoms. The van der Waals surface area contributed by atoms with E-state index in [0.29, 0.717) is 20.8 Å². The van der Waals surface area contributed by atoms with E-state index in [1.807, 2.05) is 13.0 Å². The van der Waals surface area contributed by atoms with Crippen LogP contribution in [0.15, 0.2) is 36.4 Å². The van der Waals surface area contributed by atoms with Crippen LogP contribution in [0.2, 0.25) is 15.1 Å². The fourth-order valence-electron chi connectivity index (χ4n) is 1.08. The second-order valence-electron chi connectivity index (χ2n) is 3.24. The average Bonchev–Trinajstić information content (AvgIpc) is 2.27. The van der Waals surface area contributed by atoms with Crippen molar-refractivity contribution in [2.45, 2.75) is 6.92 Å². The Kier molecular flexibility index (Phi) is 6.05. The van der Waals surface area contributed by atoms with Crippen molar-refractivity contribution < 1.29 is 4.79 Å². The number of nitrogens with one attached hydrogen (secondary N) is 2. The highest BCUT2D eigenvalue weighted by Crippen LogP contribution is 2.32. The molecule has 96 valence electrons. The number of allylic oxidation sites excluding steroid dienone is 3. The minimum atomic E-state index is -0.324. The third-order valence-electron chi connectivity index (χ3n) is 1.87. The van der Waals surface area contributed by atoms with E-state index in [1.165, 1.54) is 18.2 Å². The molecule has 3 nitrogen and oxygen atoms in total. The van der Waals surface area contributed by atoms with Crippen LogP contribution in [0.5, 0.6) is 0 Å². The summed E-state index contributed by atoms with van der Waals surface area (Å²) in [4.78, 5) is 11.4. The van der Waals surface area contributed by atoms with Gasteiger partial charge in [-0.3, -0.25) is 15.6 Å². The van der Waals surface area contributed by atoms with Crippen molar-refractivity contribution in [3.63, 3.8) is 0 Å². The van der Waals surface area contributed by atoms with Crippen LogP contribution in [0.4, 0.5) is 5.69 Å². The van der Waals surface area contributed by atoms with Gasteiger partial charge in [0.1, 0.15) is 0 Å². The van der Waals surface area contributed by atoms with Crippen LogP contribution in [-0.2, 0) is 4.79 Å². The van der Waals surface area contributed by atoms with Crippen molar-refractivity contribution in [1.29, 1.82) is 0 Å². The lowest BCUT2D eigenvalue weighted by Gasteiger charge is -2.10. The van der Waals surface area contributed by atoms with Gasteiger partial charge in [0.25, 0.3) is 5.91 Å². The SMILES string of the molecule is C/C=C/C=C/C(=O)NNc1c(Cl)cc(Cl)cc1Cl. The van der Waals surface area contributed by atoms with Gasteiger partial charge in [-0.1, -0.05) is 53.0 Å². The molecule has 1 aromatic rings. The molecule has 0 aliphatic carbocycles. The molecule has 0 aliphatic heterocycles. The maximum absolute atomic E-state index is 11.4. The molecule has 0 spiro atoms. The second-order valence-corrected chi connectivity index (χ2v) is 4.49. The van der Waals surface area contributed by atoms with Gasteiger partial charge in [0.2, 0.25) is 0 Å². The zero-order valence-corrected chi connectivity index (χ0v) is 11.8. The van der Waals surface area contributed by atoms with Crippen LogP contribution in [-0.4, -0.2) is 5.91 Å². The molecule has 0 unspecified atom stereocenters. The van der Waals surface area contributed by atoms with Crippen molar-refractivity contribution in [2.75, 3.05) is 5.43 Å². The van der Waals surface area contributed by atoms with Gasteiger partial charge < -0.3 is 0 Å². The van der Waals surface area contributed by atoms with E-state index in [9.17, 15) is 4.79 Å². The molecule has 2 N–H and O–H groups in total. The highest BCUT2D eigenvalue weighted by molar-refractivity contribution is 6.41. The van der Waals surface area contributed by atoms with E-state index in [-0.39, 0.29) is 5.91 Å². The first-order valence-electron chi connectivity index (χ1n) is 5.04. The van der Waals surface area contributed by atoms with Gasteiger partial charge in [-0.15, -0.1) is 0 Å². The Hall–Kier alpha value is -1.16. The minimum absolute atomic E-state index is 0.324. The summed E-state index contributed by atoms with van der Waals surface area (Å²) in [7, 11) is 0. The Labute approximate surface area is 120 Å². The Morgan fingerprint density at radius 3 is 2.33 bits per heavy atom. The summed E-state index contributed by atoms with van der Waals surface area (Å²) in [5, 5.41) is 1.07. The van der Waals surface area contributed by atoms with Crippen LogP contribution in [0.3, 0.4) is 0 Å². The number of hydrogen-bond acceptors (Lipinski definition) is 2. The van der Waals surface area contributed by atoms with Gasteiger partial charge in [-0.05, 0) is 19.1 Å². The first-order chi connectivity index (χ1) is 8.54. The third-order valence-corrected chi connectivity index (χ3v) is 2.68. The fraction of sp³-hybridized carbons (Fsp3) is 0.0833. The number of rotatable bonds is 4. The van der Waals surface area contributed by atoms with E-state index in [2.05, 4.69) is 10.9 Å². The molecule has 0 bridgehead atoms. The first kappa shape index (κ1) is 14.9. The quantitative estimate of drug-likeness (QED) is 0.497. The maximum atomic E-state index is 11.4. The van der Waals surface area contributed by atoms with Gasteiger partial charge in [0.15, 0.2) is 0 Å². The molecule has 1 amide bonds. The summed E-state index contributed by atoms with van der Waals surface area (Å²) in [5.74, 6) is -0.324. The van der Waals surface area contributed by atoms with Crippen molar-refractivity contribution in [3.05, 3.63) is 51.5 Å². The molecule has 0 atom stereocenters. The van der Waals surface area contributed by atoms with Crippen LogP contribution < -0.4 is 10.9 Å². The number of benzene rings is 1. The van der Waals surface area contributed by atoms with Gasteiger partial charge in [-0.25, -0.2) is 0 Å². The molecule has 0 aliphatic rings. The molecule has 0 aromatic heterocycles. The Morgan fingerprint density at radius 2 is 1.78 bits per heavy atom. The summed E-state index contributed by atoms with van der Waals surface area (Å²) in [6.07, 6.45) is 6.53. The lowest BCUT2D eigenvalue weighted by molar-refractivity contribution is -0.116. The average molecular weight is 306 g/mol. The van der Waals surface area contributed by atoms with Crippen LogP contribution in [0, 0.1) is 0 Å². The smallest absolute Gasteiger partial charge is 0.262 e. The summed E-state index contributed by atoms with van der Waals surface area (Å²) in [5.41, 5.74) is 5.47. The van der Waals surface area contributed by atoms with Gasteiger partial charge in [-0.2, -0.15) is 0 Å². The first-order valence-corrected chi connectivity index (χ1v) is 6.18. The monoisotopic (exact) mass is 304 g/mol. The van der Waals surface area contributed by atoms with Crippen molar-refractivity contribution in [3.8, 4) is 0 Å². The molecule has 0 radical (unpaired) electrons. The Bertz CT molecular complexity index is 475. The molecule has 0 heterocycles. The normalized spacial score (nSPS) is 11.1. The topological polar surface area (TPSA) is 41.1 Å². The minimum Gasteiger partial charge on any atom is -0.295 e. The van der Waals surface area contributed by atoms with Crippen molar-refractivity contribution >= 4 is 46.4 Å². The van der Waals surface area contributed by atoms with Crippen molar-refractivity contribution in [1.82, 2.24) is 5.43 Å². The number of hydrogen-bond donors (Lipinski definition) is 2. The highest BCUT2D eigenvalue weighted by atomic mass is 35.5. The molecule has 0 saturated carbocycles. The van der Waals surface area contributed by atoms with Crippen LogP contribution >= 0.6 is 34.8 Å². The van der Waals surface area contributed by atoms with Crippen molar-refractivity contribution in [2.24, 2.45) is 0 Å². The van der Waals surface area contributed by atoms with E-state index in [1.54, 1.807) is 12.2 Å². The predicted octanol–water partition coefficient (Wildman–Crippen LogP) is 4.22. The van der Waals surface area contributed by atoms with E-state index < -0.39 is 0 Å². The van der Waals surface area contributed by atoms with E-state index in [0.717, 1.165) is 0 Å². The number of anilines is 1. The number of hydrazine groups is 1. The summed E-state index contributed by atoms with van der Waals surface area (Å²) < 4.78 is 0. The van der Waals surface area contributed by atoms with Gasteiger partial charge >= 0.3 is 0 Å². The molecular weight excluding hydrogens is 295 g/mol. The second kappa shape index (κ2) is 7.31. The summed E-state index contributed by atoms with van der Waals surface area (Å²) in [6.45, 7) is 1.85. The molecule has 1 aromatic carbocycles. The molecule has 0 saturated heterocycles. The summed E-state index contributed by atoms with van der Waals surface area (Å²) in [6, 6.07) is 3.05. The van der Waals surface area contributed by atoms with Crippen LogP contribution in [0.1, 0.15) is 6.92 Å². The standard InChI is InChI=1S/C12H11Cl3N2O/c1-2-3-4-5-11(18)16-17-12-9(14)6-8(13)7-10(12)15/h2-7,17H,1H3,(H,16,18)/b3-2+,5-4+. The molecule has 6 heteroatoms. The number of halogens is 3. The number of amides is 1. The fourth-order valence-corrected chi connectivity index (χ4v) is 1.99. The van der Waals surface area contributed by atoms with Crippen LogP contribution in [0.25, 0.3) is 0 Å². The lowest BCUT2D eigenvalue weighted by Crippen LogP contribution is -2.27. The molecule has 1 rings (SSSR count). The molecular formula is C12H11Cl3N2O. The molecule has 0 fully saturated rings. The maximum Gasteiger partial charge on any atom is 0.262 e. The zero-order chi connectivity index (χ0) is 13.5. The Morgan fingerprint density at radius 1 is 1.17 bits per heavy atom. The van der Waals surface area contributed by atoms with Gasteiger partial charge in [0, 0.05) is 11.1 Å². The van der Waals surface area contributed by atoms with Gasteiger partial charge in [0.05, 0.1) is 15.7 Å². The number of carbonyl (C=O) groups excluding carboxylic acids is 1. The Balaban J connectivity index is 2.67. The zero-order valence-electron chi connectivity index (χ0n) is 9.51. The highest BCUT2D eigenvalue weighted by Gasteiger charge is 2.07. The third kappa shape index (κ3) is 4.61. The summed E-state index contributed by atoms with van der Waals surface area (Å²) >= 11 is 17.6. The lowest BCUT2D eigenvalue weighted by atomic mass is 10.3. The largest absolute Gasteiger partial charge is 0.295 e. The predicted molar refractivity (Wildman–Crippen MR) is 77.2 cm³/mol. The van der Waals surface area contributed by atoms with E-state index in [4.69, 9.17) is 34.8 Å².